The summed E-state index contributed by atoms with van der Waals surface area (Å²) in [4.78, 5) is 0.313. The fraction of sp³-hybridized carbons (Fsp3) is 0.467. The molecule has 5 heteroatoms. The van der Waals surface area contributed by atoms with Crippen molar-refractivity contribution in [2.45, 2.75) is 43.5 Å². The number of hydrogen-bond donors (Lipinski definition) is 2. The molecular formula is C15H20N2O2S. The van der Waals surface area contributed by atoms with Crippen LogP contribution in [-0.4, -0.2) is 21.0 Å². The predicted molar refractivity (Wildman–Crippen MR) is 79.7 cm³/mol. The molecule has 0 amide bonds. The van der Waals surface area contributed by atoms with E-state index in [0.29, 0.717) is 10.5 Å². The third kappa shape index (κ3) is 3.60. The zero-order chi connectivity index (χ0) is 14.6. The van der Waals surface area contributed by atoms with Crippen molar-refractivity contribution in [3.63, 3.8) is 0 Å². The van der Waals surface area contributed by atoms with Gasteiger partial charge in [-0.05, 0) is 37.5 Å². The van der Waals surface area contributed by atoms with Gasteiger partial charge in [0.15, 0.2) is 0 Å². The van der Waals surface area contributed by atoms with Crippen molar-refractivity contribution in [2.24, 2.45) is 5.73 Å². The summed E-state index contributed by atoms with van der Waals surface area (Å²) in [5, 5.41) is 0. The first kappa shape index (κ1) is 15.0. The van der Waals surface area contributed by atoms with Crippen molar-refractivity contribution in [3.05, 3.63) is 29.3 Å². The minimum absolute atomic E-state index is 0.0678. The number of benzene rings is 1. The van der Waals surface area contributed by atoms with Crippen molar-refractivity contribution in [1.82, 2.24) is 4.72 Å². The highest BCUT2D eigenvalue weighted by Crippen LogP contribution is 2.22. The summed E-state index contributed by atoms with van der Waals surface area (Å²) in [5.74, 6) is 5.61. The number of rotatable bonds is 3. The third-order valence-corrected chi connectivity index (χ3v) is 5.15. The molecule has 1 aromatic rings. The Morgan fingerprint density at radius 2 is 2.05 bits per heavy atom. The molecular weight excluding hydrogens is 272 g/mol. The van der Waals surface area contributed by atoms with Crippen LogP contribution in [-0.2, 0) is 10.0 Å². The summed E-state index contributed by atoms with van der Waals surface area (Å²) in [7, 11) is -3.47. The van der Waals surface area contributed by atoms with E-state index in [2.05, 4.69) is 16.6 Å². The van der Waals surface area contributed by atoms with E-state index >= 15 is 0 Å². The normalized spacial score (nSPS) is 15.9. The van der Waals surface area contributed by atoms with Gasteiger partial charge >= 0.3 is 0 Å². The van der Waals surface area contributed by atoms with Gasteiger partial charge in [0.05, 0.1) is 11.4 Å². The maximum absolute atomic E-state index is 12.5. The van der Waals surface area contributed by atoms with E-state index in [4.69, 9.17) is 5.73 Å². The van der Waals surface area contributed by atoms with Crippen molar-refractivity contribution in [2.75, 3.05) is 6.54 Å². The standard InChI is InChI=1S/C15H20N2O2S/c1-12-8-9-13(5-4-10-16)11-15(12)20(18,19)17-14-6-2-3-7-14/h8-9,11,14,17H,2-3,6-7,10,16H2,1H3. The lowest BCUT2D eigenvalue weighted by atomic mass is 10.1. The van der Waals surface area contributed by atoms with E-state index in [1.807, 2.05) is 6.07 Å². The second-order valence-electron chi connectivity index (χ2n) is 5.09. The van der Waals surface area contributed by atoms with Crippen LogP contribution in [0.2, 0.25) is 0 Å². The second kappa shape index (κ2) is 6.40. The van der Waals surface area contributed by atoms with Crippen LogP contribution in [0.1, 0.15) is 36.8 Å². The van der Waals surface area contributed by atoms with Crippen LogP contribution >= 0.6 is 0 Å². The maximum atomic E-state index is 12.5. The summed E-state index contributed by atoms with van der Waals surface area (Å²) in [6.45, 7) is 2.06. The smallest absolute Gasteiger partial charge is 0.241 e. The van der Waals surface area contributed by atoms with Gasteiger partial charge in [-0.3, -0.25) is 0 Å². The van der Waals surface area contributed by atoms with Crippen LogP contribution in [0, 0.1) is 18.8 Å². The number of nitrogens with two attached hydrogens (primary N) is 1. The molecule has 20 heavy (non-hydrogen) atoms. The molecule has 0 aliphatic heterocycles. The number of aryl methyl sites for hydroxylation is 1. The summed E-state index contributed by atoms with van der Waals surface area (Å²) < 4.78 is 27.7. The SMILES string of the molecule is Cc1ccc(C#CCN)cc1S(=O)(=O)NC1CCCC1. The first-order chi connectivity index (χ1) is 9.53. The summed E-state index contributed by atoms with van der Waals surface area (Å²) in [5.41, 5.74) is 6.74. The zero-order valence-electron chi connectivity index (χ0n) is 11.6. The van der Waals surface area contributed by atoms with E-state index < -0.39 is 10.0 Å². The van der Waals surface area contributed by atoms with Gasteiger partial charge in [-0.15, -0.1) is 0 Å². The first-order valence-electron chi connectivity index (χ1n) is 6.85. The molecule has 1 aliphatic carbocycles. The monoisotopic (exact) mass is 292 g/mol. The average Bonchev–Trinajstić information content (AvgIpc) is 2.89. The highest BCUT2D eigenvalue weighted by Gasteiger charge is 2.24. The number of sulfonamides is 1. The molecule has 0 aromatic heterocycles. The van der Waals surface area contributed by atoms with Crippen LogP contribution in [0.5, 0.6) is 0 Å². The highest BCUT2D eigenvalue weighted by atomic mass is 32.2. The molecule has 1 saturated carbocycles. The molecule has 4 nitrogen and oxygen atoms in total. The molecule has 0 heterocycles. The number of nitrogens with one attached hydrogen (secondary N) is 1. The predicted octanol–water partition coefficient (Wildman–Crippen LogP) is 1.53. The minimum atomic E-state index is -3.47. The maximum Gasteiger partial charge on any atom is 0.241 e. The van der Waals surface area contributed by atoms with E-state index in [1.54, 1.807) is 19.1 Å². The van der Waals surface area contributed by atoms with E-state index in [-0.39, 0.29) is 12.6 Å². The topological polar surface area (TPSA) is 72.2 Å². The Kier molecular flexibility index (Phi) is 4.81. The Morgan fingerprint density at radius 1 is 1.35 bits per heavy atom. The lowest BCUT2D eigenvalue weighted by Crippen LogP contribution is -2.33. The lowest BCUT2D eigenvalue weighted by Gasteiger charge is -2.14. The van der Waals surface area contributed by atoms with E-state index in [0.717, 1.165) is 31.2 Å². The molecule has 0 spiro atoms. The fourth-order valence-electron chi connectivity index (χ4n) is 2.45. The van der Waals surface area contributed by atoms with E-state index in [1.165, 1.54) is 0 Å². The molecule has 108 valence electrons. The lowest BCUT2D eigenvalue weighted by molar-refractivity contribution is 0.551. The first-order valence-corrected chi connectivity index (χ1v) is 8.33. The quantitative estimate of drug-likeness (QED) is 0.830. The summed E-state index contributed by atoms with van der Waals surface area (Å²) >= 11 is 0. The van der Waals surface area contributed by atoms with Gasteiger partial charge in [0.2, 0.25) is 10.0 Å². The Labute approximate surface area is 120 Å². The van der Waals surface area contributed by atoms with Gasteiger partial charge in [-0.2, -0.15) is 0 Å². The Morgan fingerprint density at radius 3 is 2.70 bits per heavy atom. The van der Waals surface area contributed by atoms with Gasteiger partial charge in [0.1, 0.15) is 0 Å². The van der Waals surface area contributed by atoms with Crippen LogP contribution < -0.4 is 10.5 Å². The van der Waals surface area contributed by atoms with Gasteiger partial charge in [0, 0.05) is 11.6 Å². The Bertz CT molecular complexity index is 636. The summed E-state index contributed by atoms with van der Waals surface area (Å²) in [6.07, 6.45) is 4.03. The van der Waals surface area contributed by atoms with Crippen molar-refractivity contribution in [3.8, 4) is 11.8 Å². The third-order valence-electron chi connectivity index (χ3n) is 3.49. The number of hydrogen-bond acceptors (Lipinski definition) is 3. The van der Waals surface area contributed by atoms with Crippen LogP contribution in [0.3, 0.4) is 0 Å². The zero-order valence-corrected chi connectivity index (χ0v) is 12.5. The molecule has 0 bridgehead atoms. The molecule has 1 fully saturated rings. The second-order valence-corrected chi connectivity index (χ2v) is 6.77. The summed E-state index contributed by atoms with van der Waals surface area (Å²) in [6, 6.07) is 5.28. The molecule has 1 aliphatic rings. The molecule has 3 N–H and O–H groups in total. The molecule has 0 atom stereocenters. The minimum Gasteiger partial charge on any atom is -0.320 e. The molecule has 0 unspecified atom stereocenters. The molecule has 0 radical (unpaired) electrons. The van der Waals surface area contributed by atoms with Gasteiger partial charge in [0.25, 0.3) is 0 Å². The van der Waals surface area contributed by atoms with Crippen LogP contribution in [0.15, 0.2) is 23.1 Å². The van der Waals surface area contributed by atoms with Gasteiger partial charge in [-0.25, -0.2) is 13.1 Å². The van der Waals surface area contributed by atoms with Crippen molar-refractivity contribution >= 4 is 10.0 Å². The average molecular weight is 292 g/mol. The Balaban J connectivity index is 2.29. The molecule has 1 aromatic carbocycles. The van der Waals surface area contributed by atoms with Gasteiger partial charge in [-0.1, -0.05) is 30.7 Å². The Hall–Kier alpha value is -1.35. The van der Waals surface area contributed by atoms with Crippen LogP contribution in [0.4, 0.5) is 0 Å². The van der Waals surface area contributed by atoms with Crippen molar-refractivity contribution in [1.29, 1.82) is 0 Å². The largest absolute Gasteiger partial charge is 0.320 e. The van der Waals surface area contributed by atoms with E-state index in [9.17, 15) is 8.42 Å². The van der Waals surface area contributed by atoms with Crippen molar-refractivity contribution < 1.29 is 8.42 Å². The van der Waals surface area contributed by atoms with Gasteiger partial charge < -0.3 is 5.73 Å². The van der Waals surface area contributed by atoms with Crippen LogP contribution in [0.25, 0.3) is 0 Å². The fourth-order valence-corrected chi connectivity index (χ4v) is 4.02. The molecule has 2 rings (SSSR count). The highest BCUT2D eigenvalue weighted by molar-refractivity contribution is 7.89. The molecule has 0 saturated heterocycles.